The number of benzene rings is 1. The van der Waals surface area contributed by atoms with Crippen molar-refractivity contribution in [3.63, 3.8) is 0 Å². The Morgan fingerprint density at radius 2 is 2.16 bits per heavy atom. The summed E-state index contributed by atoms with van der Waals surface area (Å²) in [4.78, 5) is 10.7. The van der Waals surface area contributed by atoms with Crippen LogP contribution in [0.1, 0.15) is 15.9 Å². The summed E-state index contributed by atoms with van der Waals surface area (Å²) in [6.45, 7) is 0.492. The Labute approximate surface area is 109 Å². The summed E-state index contributed by atoms with van der Waals surface area (Å²) in [7, 11) is 0. The van der Waals surface area contributed by atoms with E-state index < -0.39 is 5.97 Å². The number of hydrogen-bond acceptors (Lipinski definition) is 4. The van der Waals surface area contributed by atoms with Gasteiger partial charge in [0.15, 0.2) is 6.61 Å². The summed E-state index contributed by atoms with van der Waals surface area (Å²) >= 11 is 0. The quantitative estimate of drug-likeness (QED) is 0.877. The van der Waals surface area contributed by atoms with Crippen molar-refractivity contribution in [1.29, 1.82) is 5.26 Å². The summed E-state index contributed by atoms with van der Waals surface area (Å²) in [6.07, 6.45) is 2.79. The number of nitrogens with zero attached hydrogens (tertiary/aromatic N) is 3. The first kappa shape index (κ1) is 12.6. The third-order valence-corrected chi connectivity index (χ3v) is 2.45. The van der Waals surface area contributed by atoms with E-state index in [0.29, 0.717) is 12.3 Å². The fraction of sp³-hybridized carbons (Fsp3) is 0.154. The van der Waals surface area contributed by atoms with E-state index in [9.17, 15) is 4.79 Å². The second-order valence-electron chi connectivity index (χ2n) is 3.82. The predicted molar refractivity (Wildman–Crippen MR) is 65.8 cm³/mol. The van der Waals surface area contributed by atoms with E-state index >= 15 is 0 Å². The smallest absolute Gasteiger partial charge is 0.338 e. The van der Waals surface area contributed by atoms with Gasteiger partial charge in [-0.3, -0.25) is 4.68 Å². The number of rotatable bonds is 5. The van der Waals surface area contributed by atoms with Crippen LogP contribution in [0.15, 0.2) is 36.7 Å². The van der Waals surface area contributed by atoms with Crippen LogP contribution in [-0.4, -0.2) is 27.5 Å². The molecule has 0 aliphatic heterocycles. The minimum Gasteiger partial charge on any atom is -0.479 e. The molecule has 2 rings (SSSR count). The molecule has 1 aromatic carbocycles. The summed E-state index contributed by atoms with van der Waals surface area (Å²) < 4.78 is 6.68. The lowest BCUT2D eigenvalue weighted by atomic mass is 10.2. The van der Waals surface area contributed by atoms with Crippen LogP contribution < -0.4 is 4.74 Å². The van der Waals surface area contributed by atoms with Gasteiger partial charge in [-0.15, -0.1) is 0 Å². The number of ether oxygens (including phenoxy) is 1. The highest BCUT2D eigenvalue weighted by Crippen LogP contribution is 2.13. The van der Waals surface area contributed by atoms with E-state index in [2.05, 4.69) is 5.10 Å². The topological polar surface area (TPSA) is 88.1 Å². The molecule has 19 heavy (non-hydrogen) atoms. The number of carbonyl (C=O) groups is 1. The summed E-state index contributed by atoms with van der Waals surface area (Å²) in [5.41, 5.74) is 1.12. The first-order valence-electron chi connectivity index (χ1n) is 5.53. The Hall–Kier alpha value is -2.81. The Balaban J connectivity index is 2.02. The van der Waals surface area contributed by atoms with Gasteiger partial charge in [-0.1, -0.05) is 12.1 Å². The fourth-order valence-corrected chi connectivity index (χ4v) is 1.55. The van der Waals surface area contributed by atoms with E-state index in [-0.39, 0.29) is 12.2 Å². The van der Waals surface area contributed by atoms with Crippen LogP contribution in [-0.2, 0) is 6.54 Å². The molecule has 96 valence electrons. The standard InChI is InChI=1S/C13H11N3O3/c14-5-6-19-12-3-1-10(2-4-12)8-16-9-11(7-15-16)13(17)18/h1-4,7,9H,6,8H2,(H,17,18). The van der Waals surface area contributed by atoms with Crippen LogP contribution in [0.2, 0.25) is 0 Å². The van der Waals surface area contributed by atoms with E-state index in [4.69, 9.17) is 15.1 Å². The van der Waals surface area contributed by atoms with Gasteiger partial charge in [0.2, 0.25) is 0 Å². The molecule has 0 saturated carbocycles. The zero-order valence-electron chi connectivity index (χ0n) is 9.98. The Morgan fingerprint density at radius 3 is 2.74 bits per heavy atom. The van der Waals surface area contributed by atoms with Gasteiger partial charge in [-0.25, -0.2) is 4.79 Å². The molecule has 0 saturated heterocycles. The molecule has 0 radical (unpaired) electrons. The average Bonchev–Trinajstić information content (AvgIpc) is 2.87. The lowest BCUT2D eigenvalue weighted by molar-refractivity contribution is 0.0697. The summed E-state index contributed by atoms with van der Waals surface area (Å²) in [6, 6.07) is 9.09. The van der Waals surface area contributed by atoms with Crippen LogP contribution in [0.5, 0.6) is 5.75 Å². The SMILES string of the molecule is N#CCOc1ccc(Cn2cc(C(=O)O)cn2)cc1. The van der Waals surface area contributed by atoms with Crippen molar-refractivity contribution in [2.75, 3.05) is 6.61 Å². The van der Waals surface area contributed by atoms with Crippen LogP contribution in [0.25, 0.3) is 0 Å². The largest absolute Gasteiger partial charge is 0.479 e. The lowest BCUT2D eigenvalue weighted by Crippen LogP contribution is -2.01. The van der Waals surface area contributed by atoms with Crippen molar-refractivity contribution in [3.05, 3.63) is 47.8 Å². The van der Waals surface area contributed by atoms with E-state index in [1.807, 2.05) is 18.2 Å². The molecule has 6 heteroatoms. The summed E-state index contributed by atoms with van der Waals surface area (Å²) in [5.74, 6) is -0.372. The van der Waals surface area contributed by atoms with Gasteiger partial charge in [-0.05, 0) is 17.7 Å². The number of aromatic nitrogens is 2. The van der Waals surface area contributed by atoms with E-state index in [1.54, 1.807) is 16.8 Å². The Morgan fingerprint density at radius 1 is 1.42 bits per heavy atom. The molecule has 0 spiro atoms. The van der Waals surface area contributed by atoms with Crippen molar-refractivity contribution < 1.29 is 14.6 Å². The first-order chi connectivity index (χ1) is 9.19. The van der Waals surface area contributed by atoms with Gasteiger partial charge in [0.05, 0.1) is 18.3 Å². The lowest BCUT2D eigenvalue weighted by Gasteiger charge is -2.04. The fourth-order valence-electron chi connectivity index (χ4n) is 1.55. The molecule has 0 aliphatic rings. The second kappa shape index (κ2) is 5.69. The van der Waals surface area contributed by atoms with Crippen molar-refractivity contribution in [2.24, 2.45) is 0 Å². The maximum Gasteiger partial charge on any atom is 0.338 e. The maximum atomic E-state index is 10.7. The molecular formula is C13H11N3O3. The minimum atomic E-state index is -0.994. The van der Waals surface area contributed by atoms with E-state index in [1.165, 1.54) is 12.4 Å². The van der Waals surface area contributed by atoms with Crippen molar-refractivity contribution in [2.45, 2.75) is 6.54 Å². The molecule has 0 bridgehead atoms. The number of hydrogen-bond donors (Lipinski definition) is 1. The van der Waals surface area contributed by atoms with Crippen molar-refractivity contribution in [3.8, 4) is 11.8 Å². The molecular weight excluding hydrogens is 246 g/mol. The average molecular weight is 257 g/mol. The number of carboxylic acid groups (broad SMARTS) is 1. The van der Waals surface area contributed by atoms with Crippen molar-refractivity contribution in [1.82, 2.24) is 9.78 Å². The van der Waals surface area contributed by atoms with Crippen LogP contribution >= 0.6 is 0 Å². The predicted octanol–water partition coefficient (Wildman–Crippen LogP) is 1.53. The molecule has 1 heterocycles. The molecule has 0 unspecified atom stereocenters. The van der Waals surface area contributed by atoms with E-state index in [0.717, 1.165) is 5.56 Å². The van der Waals surface area contributed by atoms with Crippen molar-refractivity contribution >= 4 is 5.97 Å². The first-order valence-corrected chi connectivity index (χ1v) is 5.53. The molecule has 6 nitrogen and oxygen atoms in total. The zero-order chi connectivity index (χ0) is 13.7. The van der Waals surface area contributed by atoms with Gasteiger partial charge >= 0.3 is 5.97 Å². The highest BCUT2D eigenvalue weighted by molar-refractivity contribution is 5.86. The molecule has 0 fully saturated rings. The Bertz CT molecular complexity index is 611. The molecule has 1 aromatic heterocycles. The Kier molecular flexibility index (Phi) is 3.78. The zero-order valence-corrected chi connectivity index (χ0v) is 9.98. The van der Waals surface area contributed by atoms with Crippen LogP contribution in [0, 0.1) is 11.3 Å². The molecule has 0 amide bonds. The summed E-state index contributed by atoms with van der Waals surface area (Å²) in [5, 5.41) is 21.1. The molecule has 0 aliphatic carbocycles. The van der Waals surface area contributed by atoms with Crippen LogP contribution in [0.4, 0.5) is 0 Å². The third kappa shape index (κ3) is 3.33. The maximum absolute atomic E-state index is 10.7. The normalized spacial score (nSPS) is 9.84. The third-order valence-electron chi connectivity index (χ3n) is 2.45. The van der Waals surface area contributed by atoms with Gasteiger partial charge in [0, 0.05) is 6.20 Å². The number of carboxylic acids is 1. The van der Waals surface area contributed by atoms with Gasteiger partial charge in [-0.2, -0.15) is 10.4 Å². The molecule has 0 atom stereocenters. The highest BCUT2D eigenvalue weighted by atomic mass is 16.5. The van der Waals surface area contributed by atoms with Gasteiger partial charge in [0.1, 0.15) is 11.8 Å². The molecule has 2 aromatic rings. The molecule has 1 N–H and O–H groups in total. The van der Waals surface area contributed by atoms with Gasteiger partial charge < -0.3 is 9.84 Å². The van der Waals surface area contributed by atoms with Crippen LogP contribution in [0.3, 0.4) is 0 Å². The highest BCUT2D eigenvalue weighted by Gasteiger charge is 2.06. The number of nitriles is 1. The monoisotopic (exact) mass is 257 g/mol. The number of aromatic carboxylic acids is 1. The second-order valence-corrected chi connectivity index (χ2v) is 3.82. The van der Waals surface area contributed by atoms with Gasteiger partial charge in [0.25, 0.3) is 0 Å². The minimum absolute atomic E-state index is 0.0144.